The first-order valence-electron chi connectivity index (χ1n) is 6.94. The first-order valence-corrected chi connectivity index (χ1v) is 7.69. The van der Waals surface area contributed by atoms with Crippen molar-refractivity contribution >= 4 is 40.8 Å². The molecule has 0 unspecified atom stereocenters. The SMILES string of the molecule is C[C@@H](OC(=O)[C@]1(C)CC1(Cl)Cl)C(=O)Nc1ccc(C(F)(F)F)cc1. The van der Waals surface area contributed by atoms with E-state index in [9.17, 15) is 22.8 Å². The minimum atomic E-state index is -4.46. The van der Waals surface area contributed by atoms with Gasteiger partial charge in [-0.3, -0.25) is 9.59 Å². The van der Waals surface area contributed by atoms with Crippen molar-refractivity contribution in [2.75, 3.05) is 5.32 Å². The molecule has 1 aromatic carbocycles. The minimum absolute atomic E-state index is 0.151. The molecule has 0 spiro atoms. The van der Waals surface area contributed by atoms with Crippen LogP contribution in [-0.4, -0.2) is 22.3 Å². The van der Waals surface area contributed by atoms with Crippen LogP contribution in [0.3, 0.4) is 0 Å². The average Bonchev–Trinajstić information content (AvgIpc) is 2.98. The summed E-state index contributed by atoms with van der Waals surface area (Å²) < 4.78 is 41.2. The summed E-state index contributed by atoms with van der Waals surface area (Å²) in [6.45, 7) is 2.86. The summed E-state index contributed by atoms with van der Waals surface area (Å²) in [7, 11) is 0. The maximum atomic E-state index is 12.5. The Morgan fingerprint density at radius 1 is 1.25 bits per heavy atom. The zero-order chi connectivity index (χ0) is 18.3. The van der Waals surface area contributed by atoms with Crippen molar-refractivity contribution < 1.29 is 27.5 Å². The monoisotopic (exact) mass is 383 g/mol. The number of anilines is 1. The Balaban J connectivity index is 1.94. The summed E-state index contributed by atoms with van der Waals surface area (Å²) in [6, 6.07) is 3.90. The largest absolute Gasteiger partial charge is 0.452 e. The van der Waals surface area contributed by atoms with E-state index in [2.05, 4.69) is 5.32 Å². The fourth-order valence-electron chi connectivity index (χ4n) is 1.95. The number of rotatable bonds is 4. The number of alkyl halides is 5. The third-order valence-corrected chi connectivity index (χ3v) is 4.94. The van der Waals surface area contributed by atoms with Crippen molar-refractivity contribution in [1.82, 2.24) is 0 Å². The van der Waals surface area contributed by atoms with Gasteiger partial charge in [-0.15, -0.1) is 23.2 Å². The van der Waals surface area contributed by atoms with Gasteiger partial charge in [0.15, 0.2) is 6.10 Å². The summed E-state index contributed by atoms with van der Waals surface area (Å²) in [5, 5.41) is 2.37. The van der Waals surface area contributed by atoms with E-state index in [4.69, 9.17) is 27.9 Å². The predicted molar refractivity (Wildman–Crippen MR) is 82.8 cm³/mol. The molecule has 2 atom stereocenters. The van der Waals surface area contributed by atoms with Crippen LogP contribution in [-0.2, 0) is 20.5 Å². The molecule has 0 aliphatic heterocycles. The fourth-order valence-corrected chi connectivity index (χ4v) is 2.64. The smallest absolute Gasteiger partial charge is 0.416 e. The number of hydrogen-bond donors (Lipinski definition) is 1. The van der Waals surface area contributed by atoms with E-state index in [0.29, 0.717) is 0 Å². The summed E-state index contributed by atoms with van der Waals surface area (Å²) in [5.74, 6) is -1.38. The molecule has 1 fully saturated rings. The molecule has 1 aromatic rings. The predicted octanol–water partition coefficient (Wildman–Crippen LogP) is 4.16. The quantitative estimate of drug-likeness (QED) is 0.627. The van der Waals surface area contributed by atoms with Crippen molar-refractivity contribution in [3.8, 4) is 0 Å². The second-order valence-corrected chi connectivity index (χ2v) is 7.31. The standard InChI is InChI=1S/C15H14Cl2F3NO3/c1-8(24-12(23)13(2)7-14(13,16)17)11(22)21-10-5-3-9(4-6-10)15(18,19)20/h3-6,8H,7H2,1-2H3,(H,21,22)/t8-,13+/m1/s1. The van der Waals surface area contributed by atoms with Gasteiger partial charge in [0.2, 0.25) is 0 Å². The first kappa shape index (κ1) is 18.9. The molecule has 132 valence electrons. The fraction of sp³-hybridized carbons (Fsp3) is 0.467. The minimum Gasteiger partial charge on any atom is -0.452 e. The highest BCUT2D eigenvalue weighted by atomic mass is 35.5. The van der Waals surface area contributed by atoms with Crippen LogP contribution >= 0.6 is 23.2 Å². The molecule has 1 amide bonds. The maximum absolute atomic E-state index is 12.5. The van der Waals surface area contributed by atoms with Crippen LogP contribution in [0.15, 0.2) is 24.3 Å². The molecule has 1 aliphatic rings. The van der Waals surface area contributed by atoms with Gasteiger partial charge in [-0.25, -0.2) is 0 Å². The van der Waals surface area contributed by atoms with Crippen LogP contribution in [0.4, 0.5) is 18.9 Å². The van der Waals surface area contributed by atoms with E-state index in [0.717, 1.165) is 24.3 Å². The van der Waals surface area contributed by atoms with Gasteiger partial charge in [-0.2, -0.15) is 13.2 Å². The van der Waals surface area contributed by atoms with Crippen molar-refractivity contribution in [3.63, 3.8) is 0 Å². The molecule has 24 heavy (non-hydrogen) atoms. The van der Waals surface area contributed by atoms with Crippen LogP contribution in [0.1, 0.15) is 25.8 Å². The van der Waals surface area contributed by atoms with E-state index in [1.165, 1.54) is 13.8 Å². The third-order valence-electron chi connectivity index (χ3n) is 3.84. The molecular weight excluding hydrogens is 370 g/mol. The number of carbonyl (C=O) groups excluding carboxylic acids is 2. The lowest BCUT2D eigenvalue weighted by Crippen LogP contribution is -2.33. The van der Waals surface area contributed by atoms with Gasteiger partial charge in [0.1, 0.15) is 9.75 Å². The van der Waals surface area contributed by atoms with Gasteiger partial charge in [-0.1, -0.05) is 0 Å². The van der Waals surface area contributed by atoms with Crippen LogP contribution in [0.2, 0.25) is 0 Å². The third kappa shape index (κ3) is 3.78. The number of esters is 1. The molecule has 0 heterocycles. The van der Waals surface area contributed by atoms with Crippen molar-refractivity contribution in [3.05, 3.63) is 29.8 Å². The van der Waals surface area contributed by atoms with E-state index < -0.39 is 39.5 Å². The topological polar surface area (TPSA) is 55.4 Å². The molecule has 1 saturated carbocycles. The highest BCUT2D eigenvalue weighted by Gasteiger charge is 2.69. The van der Waals surface area contributed by atoms with Gasteiger partial charge < -0.3 is 10.1 Å². The number of halogens is 5. The molecule has 9 heteroatoms. The van der Waals surface area contributed by atoms with Crippen LogP contribution in [0.5, 0.6) is 0 Å². The maximum Gasteiger partial charge on any atom is 0.416 e. The summed E-state index contributed by atoms with van der Waals surface area (Å²) in [4.78, 5) is 23.9. The number of ether oxygens (including phenoxy) is 1. The van der Waals surface area contributed by atoms with Crippen LogP contribution < -0.4 is 5.32 Å². The molecule has 2 rings (SSSR count). The van der Waals surface area contributed by atoms with Crippen LogP contribution in [0.25, 0.3) is 0 Å². The molecule has 1 aliphatic carbocycles. The number of amides is 1. The van der Waals surface area contributed by atoms with E-state index >= 15 is 0 Å². The highest BCUT2D eigenvalue weighted by Crippen LogP contribution is 2.64. The Morgan fingerprint density at radius 3 is 2.17 bits per heavy atom. The molecule has 1 N–H and O–H groups in total. The summed E-state index contributed by atoms with van der Waals surface area (Å²) in [6.07, 6.45) is -5.39. The van der Waals surface area contributed by atoms with Crippen molar-refractivity contribution in [1.29, 1.82) is 0 Å². The number of carbonyl (C=O) groups is 2. The van der Waals surface area contributed by atoms with Gasteiger partial charge in [0.25, 0.3) is 5.91 Å². The van der Waals surface area contributed by atoms with Crippen molar-refractivity contribution in [2.24, 2.45) is 5.41 Å². The Bertz CT molecular complexity index is 661. The number of hydrogen-bond acceptors (Lipinski definition) is 3. The second kappa shape index (κ2) is 6.11. The zero-order valence-corrected chi connectivity index (χ0v) is 14.2. The van der Waals surface area contributed by atoms with E-state index in [1.54, 1.807) is 0 Å². The first-order chi connectivity index (χ1) is 10.9. The van der Waals surface area contributed by atoms with Gasteiger partial charge in [-0.05, 0) is 38.1 Å². The Labute approximate surface area is 146 Å². The molecule has 0 bridgehead atoms. The molecule has 4 nitrogen and oxygen atoms in total. The zero-order valence-electron chi connectivity index (χ0n) is 12.7. The normalized spacial score (nSPS) is 23.3. The van der Waals surface area contributed by atoms with E-state index in [-0.39, 0.29) is 12.1 Å². The Kier molecular flexibility index (Phi) is 4.80. The lowest BCUT2D eigenvalue weighted by molar-refractivity contribution is -0.158. The molecule has 0 saturated heterocycles. The summed E-state index contributed by atoms with van der Waals surface area (Å²) in [5.41, 5.74) is -1.75. The highest BCUT2D eigenvalue weighted by molar-refractivity contribution is 6.53. The summed E-state index contributed by atoms with van der Waals surface area (Å²) >= 11 is 11.7. The number of benzene rings is 1. The molecular formula is C15H14Cl2F3NO3. The Hall–Kier alpha value is -1.47. The van der Waals surface area contributed by atoms with Gasteiger partial charge >= 0.3 is 12.1 Å². The lowest BCUT2D eigenvalue weighted by atomic mass is 10.1. The van der Waals surface area contributed by atoms with Gasteiger partial charge in [0, 0.05) is 12.1 Å². The van der Waals surface area contributed by atoms with Gasteiger partial charge in [0.05, 0.1) is 5.56 Å². The van der Waals surface area contributed by atoms with Crippen LogP contribution in [0, 0.1) is 5.41 Å². The Morgan fingerprint density at radius 2 is 1.75 bits per heavy atom. The molecule has 0 radical (unpaired) electrons. The molecule has 0 aromatic heterocycles. The average molecular weight is 384 g/mol. The van der Waals surface area contributed by atoms with Crippen molar-refractivity contribution in [2.45, 2.75) is 36.9 Å². The van der Waals surface area contributed by atoms with E-state index in [1.807, 2.05) is 0 Å². The number of nitrogens with one attached hydrogen (secondary N) is 1. The lowest BCUT2D eigenvalue weighted by Gasteiger charge is -2.17. The second-order valence-electron chi connectivity index (χ2n) is 5.83.